The SMILES string of the molecule is COC(=O)CC(=O)CC(=O)N(C)C. The number of esters is 1. The number of methoxy groups -OCH3 is 1. The van der Waals surface area contributed by atoms with Gasteiger partial charge >= 0.3 is 5.97 Å². The van der Waals surface area contributed by atoms with Crippen LogP contribution in [-0.2, 0) is 19.1 Å². The largest absolute Gasteiger partial charge is 0.469 e. The summed E-state index contributed by atoms with van der Waals surface area (Å²) in [6, 6.07) is 0. The molecule has 0 spiro atoms. The molecule has 0 saturated heterocycles. The Balaban J connectivity index is 3.88. The predicted molar refractivity (Wildman–Crippen MR) is 45.0 cm³/mol. The molecule has 5 heteroatoms. The lowest BCUT2D eigenvalue weighted by Gasteiger charge is -2.08. The van der Waals surface area contributed by atoms with Crippen LogP contribution in [0.15, 0.2) is 0 Å². The molecule has 0 atom stereocenters. The van der Waals surface area contributed by atoms with E-state index in [1.54, 1.807) is 14.1 Å². The quantitative estimate of drug-likeness (QED) is 0.443. The zero-order valence-electron chi connectivity index (χ0n) is 7.99. The van der Waals surface area contributed by atoms with Crippen LogP contribution in [0.3, 0.4) is 0 Å². The molecule has 1 amide bonds. The first kappa shape index (κ1) is 11.6. The first-order valence-corrected chi connectivity index (χ1v) is 3.76. The average Bonchev–Trinajstić information content (AvgIpc) is 2.03. The van der Waals surface area contributed by atoms with Crippen molar-refractivity contribution in [3.05, 3.63) is 0 Å². The van der Waals surface area contributed by atoms with Gasteiger partial charge in [0.1, 0.15) is 6.42 Å². The van der Waals surface area contributed by atoms with E-state index in [4.69, 9.17) is 0 Å². The number of hydrogen-bond donors (Lipinski definition) is 0. The molecule has 0 bridgehead atoms. The molecule has 0 rings (SSSR count). The van der Waals surface area contributed by atoms with E-state index in [9.17, 15) is 14.4 Å². The number of carbonyl (C=O) groups is 3. The van der Waals surface area contributed by atoms with Crippen LogP contribution in [0.5, 0.6) is 0 Å². The Labute approximate surface area is 76.7 Å². The second-order valence-corrected chi connectivity index (χ2v) is 2.76. The molecule has 0 aromatic heterocycles. The Hall–Kier alpha value is -1.39. The Morgan fingerprint density at radius 1 is 1.15 bits per heavy atom. The van der Waals surface area contributed by atoms with Crippen LogP contribution in [0.2, 0.25) is 0 Å². The molecule has 0 N–H and O–H groups in total. The molecule has 0 aromatic rings. The van der Waals surface area contributed by atoms with Gasteiger partial charge in [-0.05, 0) is 0 Å². The van der Waals surface area contributed by atoms with E-state index in [1.807, 2.05) is 0 Å². The van der Waals surface area contributed by atoms with Crippen LogP contribution in [-0.4, -0.2) is 43.8 Å². The minimum Gasteiger partial charge on any atom is -0.469 e. The number of Topliss-reactive ketones (excluding diaryl/α,β-unsaturated/α-hetero) is 1. The van der Waals surface area contributed by atoms with Crippen molar-refractivity contribution in [2.24, 2.45) is 0 Å². The highest BCUT2D eigenvalue weighted by Gasteiger charge is 2.14. The van der Waals surface area contributed by atoms with Gasteiger partial charge in [-0.3, -0.25) is 14.4 Å². The summed E-state index contributed by atoms with van der Waals surface area (Å²) in [5, 5.41) is 0. The third-order valence-corrected chi connectivity index (χ3v) is 1.42. The van der Waals surface area contributed by atoms with E-state index in [0.29, 0.717) is 0 Å². The highest BCUT2D eigenvalue weighted by Crippen LogP contribution is 1.95. The fraction of sp³-hybridized carbons (Fsp3) is 0.625. The fourth-order valence-electron chi connectivity index (χ4n) is 0.622. The highest BCUT2D eigenvalue weighted by molar-refractivity contribution is 6.04. The van der Waals surface area contributed by atoms with Gasteiger partial charge in [0.2, 0.25) is 5.91 Å². The van der Waals surface area contributed by atoms with Gasteiger partial charge in [-0.25, -0.2) is 0 Å². The van der Waals surface area contributed by atoms with E-state index in [2.05, 4.69) is 4.74 Å². The van der Waals surface area contributed by atoms with Crippen LogP contribution in [0.1, 0.15) is 12.8 Å². The van der Waals surface area contributed by atoms with E-state index in [0.717, 1.165) is 0 Å². The maximum atomic E-state index is 11.0. The first-order valence-electron chi connectivity index (χ1n) is 3.76. The van der Waals surface area contributed by atoms with Gasteiger partial charge in [-0.15, -0.1) is 0 Å². The summed E-state index contributed by atoms with van der Waals surface area (Å²) >= 11 is 0. The van der Waals surface area contributed by atoms with Crippen LogP contribution >= 0.6 is 0 Å². The van der Waals surface area contributed by atoms with Crippen molar-refractivity contribution >= 4 is 17.7 Å². The molecular weight excluding hydrogens is 174 g/mol. The zero-order valence-corrected chi connectivity index (χ0v) is 7.99. The molecule has 0 aliphatic rings. The number of hydrogen-bond acceptors (Lipinski definition) is 4. The maximum absolute atomic E-state index is 11.0. The summed E-state index contributed by atoms with van der Waals surface area (Å²) in [5.74, 6) is -1.35. The highest BCUT2D eigenvalue weighted by atomic mass is 16.5. The molecule has 5 nitrogen and oxygen atoms in total. The number of carbonyl (C=O) groups excluding carboxylic acids is 3. The lowest BCUT2D eigenvalue weighted by molar-refractivity contribution is -0.144. The molecule has 0 radical (unpaired) electrons. The maximum Gasteiger partial charge on any atom is 0.313 e. The zero-order chi connectivity index (χ0) is 10.4. The molecule has 0 fully saturated rings. The smallest absolute Gasteiger partial charge is 0.313 e. The third kappa shape index (κ3) is 4.95. The Kier molecular flexibility index (Phi) is 4.72. The van der Waals surface area contributed by atoms with E-state index < -0.39 is 11.8 Å². The predicted octanol–water partition coefficient (Wildman–Crippen LogP) is -0.403. The molecule has 0 heterocycles. The standard InChI is InChI=1S/C8H13NO4/c1-9(2)7(11)4-6(10)5-8(12)13-3/h4-5H2,1-3H3. The number of ether oxygens (including phenoxy) is 1. The molecule has 0 aliphatic heterocycles. The van der Waals surface area contributed by atoms with Crippen molar-refractivity contribution in [2.75, 3.05) is 21.2 Å². The summed E-state index contributed by atoms with van der Waals surface area (Å²) < 4.78 is 4.28. The average molecular weight is 187 g/mol. The van der Waals surface area contributed by atoms with Gasteiger partial charge in [-0.2, -0.15) is 0 Å². The second kappa shape index (κ2) is 5.29. The molecule has 74 valence electrons. The monoisotopic (exact) mass is 187 g/mol. The van der Waals surface area contributed by atoms with Crippen molar-refractivity contribution in [1.82, 2.24) is 4.90 Å². The van der Waals surface area contributed by atoms with Crippen molar-refractivity contribution in [2.45, 2.75) is 12.8 Å². The number of rotatable bonds is 4. The van der Waals surface area contributed by atoms with Crippen LogP contribution < -0.4 is 0 Å². The molecule has 0 saturated carbocycles. The third-order valence-electron chi connectivity index (χ3n) is 1.42. The van der Waals surface area contributed by atoms with Crippen LogP contribution in [0.4, 0.5) is 0 Å². The lowest BCUT2D eigenvalue weighted by Crippen LogP contribution is -2.25. The number of amides is 1. The minimum atomic E-state index is -0.614. The van der Waals surface area contributed by atoms with E-state index in [-0.39, 0.29) is 18.7 Å². The lowest BCUT2D eigenvalue weighted by atomic mass is 10.2. The van der Waals surface area contributed by atoms with Gasteiger partial charge < -0.3 is 9.64 Å². The summed E-state index contributed by atoms with van der Waals surface area (Å²) in [6.07, 6.45) is -0.585. The van der Waals surface area contributed by atoms with Gasteiger partial charge in [0.25, 0.3) is 0 Å². The van der Waals surface area contributed by atoms with Gasteiger partial charge in [0, 0.05) is 14.1 Å². The normalized spacial score (nSPS) is 9.15. The summed E-state index contributed by atoms with van der Waals surface area (Å²) in [7, 11) is 4.30. The number of nitrogens with zero attached hydrogens (tertiary/aromatic N) is 1. The van der Waals surface area contributed by atoms with Crippen molar-refractivity contribution in [3.8, 4) is 0 Å². The minimum absolute atomic E-state index is 0.248. The van der Waals surface area contributed by atoms with E-state index >= 15 is 0 Å². The number of ketones is 1. The van der Waals surface area contributed by atoms with Gasteiger partial charge in [0.05, 0.1) is 13.5 Å². The summed E-state index contributed by atoms with van der Waals surface area (Å²) in [4.78, 5) is 33.9. The summed E-state index contributed by atoms with van der Waals surface area (Å²) in [5.41, 5.74) is 0. The Morgan fingerprint density at radius 3 is 2.08 bits per heavy atom. The topological polar surface area (TPSA) is 63.7 Å². The molecule has 13 heavy (non-hydrogen) atoms. The van der Waals surface area contributed by atoms with Crippen LogP contribution in [0.25, 0.3) is 0 Å². The Bertz CT molecular complexity index is 222. The van der Waals surface area contributed by atoms with Crippen molar-refractivity contribution < 1.29 is 19.1 Å². The molecule has 0 aliphatic carbocycles. The fourth-order valence-corrected chi connectivity index (χ4v) is 0.622. The van der Waals surface area contributed by atoms with Crippen molar-refractivity contribution in [1.29, 1.82) is 0 Å². The molecular formula is C8H13NO4. The van der Waals surface area contributed by atoms with Crippen molar-refractivity contribution in [3.63, 3.8) is 0 Å². The second-order valence-electron chi connectivity index (χ2n) is 2.76. The first-order chi connectivity index (χ1) is 5.97. The Morgan fingerprint density at radius 2 is 1.69 bits per heavy atom. The van der Waals surface area contributed by atoms with Crippen LogP contribution in [0, 0.1) is 0 Å². The van der Waals surface area contributed by atoms with E-state index in [1.165, 1.54) is 12.0 Å². The van der Waals surface area contributed by atoms with Gasteiger partial charge in [-0.1, -0.05) is 0 Å². The molecule has 0 aromatic carbocycles. The van der Waals surface area contributed by atoms with Gasteiger partial charge in [0.15, 0.2) is 5.78 Å². The molecule has 0 unspecified atom stereocenters. The summed E-state index contributed by atoms with van der Waals surface area (Å²) in [6.45, 7) is 0.